The molecule has 0 aliphatic carbocycles. The lowest BCUT2D eigenvalue weighted by Crippen LogP contribution is -2.52. The van der Waals surface area contributed by atoms with E-state index in [1.54, 1.807) is 11.0 Å². The summed E-state index contributed by atoms with van der Waals surface area (Å²) < 4.78 is 46.6. The molecule has 0 radical (unpaired) electrons. The Bertz CT molecular complexity index is 551. The minimum absolute atomic E-state index is 0.0449. The van der Waals surface area contributed by atoms with Crippen LogP contribution in [0.25, 0.3) is 0 Å². The summed E-state index contributed by atoms with van der Waals surface area (Å²) in [4.78, 5) is 13.9. The fourth-order valence-electron chi connectivity index (χ4n) is 2.24. The highest BCUT2D eigenvalue weighted by atomic mass is 19.4. The van der Waals surface area contributed by atoms with E-state index in [4.69, 9.17) is 4.74 Å². The molecule has 0 saturated carbocycles. The SMILES string of the molecule is CC1OCCN(C(=O)Nc2cccc(OCC(F)(F)F)c2)C1C. The molecule has 1 fully saturated rings. The molecule has 0 bridgehead atoms. The highest BCUT2D eigenvalue weighted by Crippen LogP contribution is 2.22. The molecule has 2 unspecified atom stereocenters. The Morgan fingerprint density at radius 1 is 1.43 bits per heavy atom. The monoisotopic (exact) mass is 332 g/mol. The van der Waals surface area contributed by atoms with Crippen LogP contribution < -0.4 is 10.1 Å². The molecular weight excluding hydrogens is 313 g/mol. The van der Waals surface area contributed by atoms with Gasteiger partial charge in [0.2, 0.25) is 0 Å². The van der Waals surface area contributed by atoms with Gasteiger partial charge in [0.1, 0.15) is 5.75 Å². The van der Waals surface area contributed by atoms with Crippen LogP contribution in [-0.4, -0.2) is 49.0 Å². The molecule has 2 rings (SSSR count). The molecule has 5 nitrogen and oxygen atoms in total. The third-order valence-corrected chi connectivity index (χ3v) is 3.63. The largest absolute Gasteiger partial charge is 0.484 e. The van der Waals surface area contributed by atoms with Gasteiger partial charge >= 0.3 is 12.2 Å². The number of ether oxygens (including phenoxy) is 2. The number of anilines is 1. The number of rotatable bonds is 3. The maximum atomic E-state index is 12.3. The van der Waals surface area contributed by atoms with Crippen LogP contribution in [0.3, 0.4) is 0 Å². The third-order valence-electron chi connectivity index (χ3n) is 3.63. The van der Waals surface area contributed by atoms with Crippen molar-refractivity contribution in [2.75, 3.05) is 25.1 Å². The van der Waals surface area contributed by atoms with Crippen LogP contribution in [0.5, 0.6) is 5.75 Å². The van der Waals surface area contributed by atoms with E-state index in [0.29, 0.717) is 18.8 Å². The Labute approximate surface area is 132 Å². The first kappa shape index (κ1) is 17.4. The van der Waals surface area contributed by atoms with Crippen LogP contribution in [0, 0.1) is 0 Å². The maximum absolute atomic E-state index is 12.3. The van der Waals surface area contributed by atoms with Gasteiger partial charge in [-0.05, 0) is 26.0 Å². The topological polar surface area (TPSA) is 50.8 Å². The summed E-state index contributed by atoms with van der Waals surface area (Å²) in [6, 6.07) is 5.47. The molecule has 1 aromatic carbocycles. The Hall–Kier alpha value is -1.96. The fraction of sp³-hybridized carbons (Fsp3) is 0.533. The summed E-state index contributed by atoms with van der Waals surface area (Å²) in [5.74, 6) is 0.0449. The normalized spacial score (nSPS) is 21.9. The maximum Gasteiger partial charge on any atom is 0.422 e. The van der Waals surface area contributed by atoms with Crippen molar-refractivity contribution in [1.29, 1.82) is 0 Å². The summed E-state index contributed by atoms with van der Waals surface area (Å²) in [7, 11) is 0. The number of morpholine rings is 1. The van der Waals surface area contributed by atoms with Gasteiger partial charge in [-0.25, -0.2) is 4.79 Å². The molecule has 1 aliphatic rings. The molecule has 23 heavy (non-hydrogen) atoms. The summed E-state index contributed by atoms with van der Waals surface area (Å²) in [6.07, 6.45) is -4.48. The smallest absolute Gasteiger partial charge is 0.422 e. The van der Waals surface area contributed by atoms with Crippen molar-refractivity contribution in [2.45, 2.75) is 32.2 Å². The van der Waals surface area contributed by atoms with E-state index in [1.807, 2.05) is 13.8 Å². The number of hydrogen-bond acceptors (Lipinski definition) is 3. The number of alkyl halides is 3. The van der Waals surface area contributed by atoms with Crippen LogP contribution in [0.15, 0.2) is 24.3 Å². The summed E-state index contributed by atoms with van der Waals surface area (Å²) in [5.41, 5.74) is 0.376. The van der Waals surface area contributed by atoms with Gasteiger partial charge in [0, 0.05) is 18.3 Å². The van der Waals surface area contributed by atoms with E-state index in [9.17, 15) is 18.0 Å². The summed E-state index contributed by atoms with van der Waals surface area (Å²) in [5, 5.41) is 2.67. The highest BCUT2D eigenvalue weighted by molar-refractivity contribution is 5.89. The summed E-state index contributed by atoms with van der Waals surface area (Å²) >= 11 is 0. The molecule has 8 heteroatoms. The van der Waals surface area contributed by atoms with Gasteiger partial charge < -0.3 is 19.7 Å². The predicted octanol–water partition coefficient (Wildman–Crippen LogP) is 3.27. The molecule has 1 N–H and O–H groups in total. The number of nitrogens with zero attached hydrogens (tertiary/aromatic N) is 1. The average molecular weight is 332 g/mol. The van der Waals surface area contributed by atoms with Gasteiger partial charge in [-0.2, -0.15) is 13.2 Å². The highest BCUT2D eigenvalue weighted by Gasteiger charge is 2.30. The average Bonchev–Trinajstić information content (AvgIpc) is 2.47. The van der Waals surface area contributed by atoms with E-state index >= 15 is 0 Å². The predicted molar refractivity (Wildman–Crippen MR) is 78.6 cm³/mol. The van der Waals surface area contributed by atoms with Crippen LogP contribution in [0.2, 0.25) is 0 Å². The zero-order valence-corrected chi connectivity index (χ0v) is 12.9. The van der Waals surface area contributed by atoms with Crippen LogP contribution >= 0.6 is 0 Å². The molecule has 1 heterocycles. The zero-order chi connectivity index (χ0) is 17.0. The van der Waals surface area contributed by atoms with E-state index in [2.05, 4.69) is 10.1 Å². The van der Waals surface area contributed by atoms with Gasteiger partial charge in [-0.1, -0.05) is 6.07 Å². The number of nitrogens with one attached hydrogen (secondary N) is 1. The van der Waals surface area contributed by atoms with Crippen LogP contribution in [-0.2, 0) is 4.74 Å². The third kappa shape index (κ3) is 5.02. The zero-order valence-electron chi connectivity index (χ0n) is 12.9. The fourth-order valence-corrected chi connectivity index (χ4v) is 2.24. The number of hydrogen-bond donors (Lipinski definition) is 1. The number of carbonyl (C=O) groups excluding carboxylic acids is 1. The summed E-state index contributed by atoms with van der Waals surface area (Å²) in [6.45, 7) is 3.31. The molecular formula is C15H19F3N2O3. The molecule has 0 spiro atoms. The Kier molecular flexibility index (Phi) is 5.35. The molecule has 128 valence electrons. The minimum Gasteiger partial charge on any atom is -0.484 e. The minimum atomic E-state index is -4.40. The van der Waals surface area contributed by atoms with Crippen molar-refractivity contribution in [3.63, 3.8) is 0 Å². The van der Waals surface area contributed by atoms with Crippen molar-refractivity contribution in [3.05, 3.63) is 24.3 Å². The van der Waals surface area contributed by atoms with Crippen LogP contribution in [0.1, 0.15) is 13.8 Å². The number of carbonyl (C=O) groups is 1. The lowest BCUT2D eigenvalue weighted by atomic mass is 10.1. The number of amides is 2. The lowest BCUT2D eigenvalue weighted by molar-refractivity contribution is -0.153. The van der Waals surface area contributed by atoms with E-state index in [-0.39, 0.29) is 23.9 Å². The molecule has 0 aromatic heterocycles. The number of halogens is 3. The van der Waals surface area contributed by atoms with Gasteiger partial charge in [-0.3, -0.25) is 0 Å². The van der Waals surface area contributed by atoms with Gasteiger partial charge in [0.05, 0.1) is 18.8 Å². The van der Waals surface area contributed by atoms with E-state index < -0.39 is 12.8 Å². The molecule has 1 saturated heterocycles. The second kappa shape index (κ2) is 7.08. The van der Waals surface area contributed by atoms with Crippen molar-refractivity contribution in [2.24, 2.45) is 0 Å². The quantitative estimate of drug-likeness (QED) is 0.924. The van der Waals surface area contributed by atoms with Crippen molar-refractivity contribution in [3.8, 4) is 5.75 Å². The first-order valence-electron chi connectivity index (χ1n) is 7.25. The number of urea groups is 1. The molecule has 2 atom stereocenters. The Morgan fingerprint density at radius 2 is 2.17 bits per heavy atom. The van der Waals surface area contributed by atoms with Gasteiger partial charge in [-0.15, -0.1) is 0 Å². The number of benzene rings is 1. The first-order valence-corrected chi connectivity index (χ1v) is 7.25. The second-order valence-corrected chi connectivity index (χ2v) is 5.37. The van der Waals surface area contributed by atoms with Gasteiger partial charge in [0.15, 0.2) is 6.61 Å². The van der Waals surface area contributed by atoms with E-state index in [1.165, 1.54) is 18.2 Å². The molecule has 2 amide bonds. The first-order chi connectivity index (χ1) is 10.8. The van der Waals surface area contributed by atoms with Crippen molar-refractivity contribution >= 4 is 11.7 Å². The van der Waals surface area contributed by atoms with Crippen LogP contribution in [0.4, 0.5) is 23.7 Å². The van der Waals surface area contributed by atoms with Crippen molar-refractivity contribution in [1.82, 2.24) is 4.90 Å². The second-order valence-electron chi connectivity index (χ2n) is 5.37. The Morgan fingerprint density at radius 3 is 2.87 bits per heavy atom. The lowest BCUT2D eigenvalue weighted by Gasteiger charge is -2.37. The molecule has 1 aromatic rings. The Balaban J connectivity index is 1.98. The van der Waals surface area contributed by atoms with Crippen molar-refractivity contribution < 1.29 is 27.4 Å². The standard InChI is InChI=1S/C15H19F3N2O3/c1-10-11(2)22-7-6-20(10)14(21)19-12-4-3-5-13(8-12)23-9-15(16,17)18/h3-5,8,10-11H,6-7,9H2,1-2H3,(H,19,21). The molecule has 1 aliphatic heterocycles. The van der Waals surface area contributed by atoms with E-state index in [0.717, 1.165) is 0 Å². The van der Waals surface area contributed by atoms with Gasteiger partial charge in [0.25, 0.3) is 0 Å².